The van der Waals surface area contributed by atoms with Crippen molar-refractivity contribution in [3.05, 3.63) is 41.6 Å². The van der Waals surface area contributed by atoms with E-state index in [2.05, 4.69) is 27.4 Å². The minimum absolute atomic E-state index is 0.183. The topological polar surface area (TPSA) is 85.7 Å². The van der Waals surface area contributed by atoms with Gasteiger partial charge < -0.3 is 14.8 Å². The highest BCUT2D eigenvalue weighted by molar-refractivity contribution is 6.00. The minimum Gasteiger partial charge on any atom is -0.494 e. The van der Waals surface area contributed by atoms with Crippen LogP contribution in [0.15, 0.2) is 30.5 Å². The molecule has 1 unspecified atom stereocenters. The fourth-order valence-corrected chi connectivity index (χ4v) is 3.65. The molecule has 1 aromatic heterocycles. The third-order valence-corrected chi connectivity index (χ3v) is 4.98. The first-order chi connectivity index (χ1) is 14.0. The number of ether oxygens (including phenoxy) is 2. The van der Waals surface area contributed by atoms with Crippen LogP contribution in [0, 0.1) is 0 Å². The Morgan fingerprint density at radius 3 is 2.66 bits per heavy atom. The summed E-state index contributed by atoms with van der Waals surface area (Å²) in [6, 6.07) is 8.25. The largest absolute Gasteiger partial charge is 0.494 e. The highest BCUT2D eigenvalue weighted by atomic mass is 16.5. The van der Waals surface area contributed by atoms with E-state index in [0.29, 0.717) is 12.4 Å². The van der Waals surface area contributed by atoms with Crippen LogP contribution in [0.1, 0.15) is 48.7 Å². The second kappa shape index (κ2) is 9.56. The number of hydrogen-bond acceptors (Lipinski definition) is 6. The molecule has 8 heteroatoms. The van der Waals surface area contributed by atoms with Gasteiger partial charge in [-0.3, -0.25) is 14.4 Å². The Morgan fingerprint density at radius 1 is 1.21 bits per heavy atom. The van der Waals surface area contributed by atoms with Gasteiger partial charge in [0, 0.05) is 13.1 Å². The predicted molar refractivity (Wildman–Crippen MR) is 109 cm³/mol. The van der Waals surface area contributed by atoms with Gasteiger partial charge in [-0.2, -0.15) is 5.10 Å². The number of esters is 1. The van der Waals surface area contributed by atoms with Crippen LogP contribution in [-0.4, -0.2) is 52.9 Å². The molecule has 1 aliphatic rings. The number of hydrogen-bond donors (Lipinski definition) is 1. The smallest absolute Gasteiger partial charge is 0.343 e. The fraction of sp³-hybridized carbons (Fsp3) is 0.476. The number of anilines is 1. The van der Waals surface area contributed by atoms with Gasteiger partial charge in [0.05, 0.1) is 26.0 Å². The summed E-state index contributed by atoms with van der Waals surface area (Å²) >= 11 is 0. The molecule has 1 N–H and O–H groups in total. The lowest BCUT2D eigenvalue weighted by Gasteiger charge is -2.24. The Morgan fingerprint density at radius 2 is 1.97 bits per heavy atom. The molecule has 3 rings (SSSR count). The SMILES string of the molecule is CCOC(=O)c1cnn(C)c1NC(=O)CN1CCCC1c1ccc(OCC)cc1. The van der Waals surface area contributed by atoms with E-state index in [1.54, 1.807) is 14.0 Å². The molecule has 1 aliphatic heterocycles. The first kappa shape index (κ1) is 20.9. The Kier molecular flexibility index (Phi) is 6.87. The van der Waals surface area contributed by atoms with Crippen molar-refractivity contribution in [3.8, 4) is 5.75 Å². The van der Waals surface area contributed by atoms with E-state index in [-0.39, 0.29) is 30.7 Å². The molecule has 1 aromatic carbocycles. The summed E-state index contributed by atoms with van der Waals surface area (Å²) in [6.07, 6.45) is 3.44. The molecule has 1 fully saturated rings. The Balaban J connectivity index is 1.66. The third-order valence-electron chi connectivity index (χ3n) is 4.98. The Hall–Kier alpha value is -2.87. The van der Waals surface area contributed by atoms with Crippen LogP contribution in [0.5, 0.6) is 5.75 Å². The molecule has 1 saturated heterocycles. The first-order valence-electron chi connectivity index (χ1n) is 9.99. The second-order valence-corrected chi connectivity index (χ2v) is 6.93. The van der Waals surface area contributed by atoms with Crippen LogP contribution in [-0.2, 0) is 16.6 Å². The van der Waals surface area contributed by atoms with Crippen LogP contribution in [0.4, 0.5) is 5.82 Å². The lowest BCUT2D eigenvalue weighted by Crippen LogP contribution is -2.33. The number of likely N-dealkylation sites (tertiary alicyclic amines) is 1. The van der Waals surface area contributed by atoms with E-state index in [1.165, 1.54) is 16.4 Å². The molecule has 0 aliphatic carbocycles. The van der Waals surface area contributed by atoms with E-state index in [0.717, 1.165) is 25.1 Å². The van der Waals surface area contributed by atoms with Gasteiger partial charge >= 0.3 is 5.97 Å². The monoisotopic (exact) mass is 400 g/mol. The van der Waals surface area contributed by atoms with Gasteiger partial charge in [-0.05, 0) is 50.9 Å². The summed E-state index contributed by atoms with van der Waals surface area (Å²) in [7, 11) is 1.68. The van der Waals surface area contributed by atoms with Crippen LogP contribution < -0.4 is 10.1 Å². The molecule has 156 valence electrons. The highest BCUT2D eigenvalue weighted by Crippen LogP contribution is 2.32. The Bertz CT molecular complexity index is 847. The van der Waals surface area contributed by atoms with Gasteiger partial charge in [0.2, 0.25) is 5.91 Å². The number of nitrogens with zero attached hydrogens (tertiary/aromatic N) is 3. The van der Waals surface area contributed by atoms with Crippen molar-refractivity contribution in [3.63, 3.8) is 0 Å². The van der Waals surface area contributed by atoms with Crippen molar-refractivity contribution in [1.29, 1.82) is 0 Å². The lowest BCUT2D eigenvalue weighted by molar-refractivity contribution is -0.117. The van der Waals surface area contributed by atoms with Crippen LogP contribution >= 0.6 is 0 Å². The summed E-state index contributed by atoms with van der Waals surface area (Å²) < 4.78 is 12.0. The maximum atomic E-state index is 12.7. The summed E-state index contributed by atoms with van der Waals surface area (Å²) in [6.45, 7) is 5.68. The molecular weight excluding hydrogens is 372 g/mol. The van der Waals surface area contributed by atoms with Gasteiger partial charge in [-0.1, -0.05) is 12.1 Å². The predicted octanol–water partition coefficient (Wildman–Crippen LogP) is 2.77. The van der Waals surface area contributed by atoms with E-state index in [1.807, 2.05) is 19.1 Å². The first-order valence-corrected chi connectivity index (χ1v) is 9.99. The van der Waals surface area contributed by atoms with Crippen LogP contribution in [0.3, 0.4) is 0 Å². The molecule has 1 atom stereocenters. The molecular formula is C21H28N4O4. The van der Waals surface area contributed by atoms with Gasteiger partial charge in [0.1, 0.15) is 17.1 Å². The average Bonchev–Trinajstić information content (AvgIpc) is 3.30. The van der Waals surface area contributed by atoms with Crippen molar-refractivity contribution >= 4 is 17.7 Å². The van der Waals surface area contributed by atoms with Crippen LogP contribution in [0.25, 0.3) is 0 Å². The fourth-order valence-electron chi connectivity index (χ4n) is 3.65. The van der Waals surface area contributed by atoms with E-state index in [4.69, 9.17) is 9.47 Å². The van der Waals surface area contributed by atoms with Gasteiger partial charge in [0.25, 0.3) is 0 Å². The third kappa shape index (κ3) is 4.95. The van der Waals surface area contributed by atoms with Gasteiger partial charge in [0.15, 0.2) is 0 Å². The molecule has 0 bridgehead atoms. The number of nitrogens with one attached hydrogen (secondary N) is 1. The van der Waals surface area contributed by atoms with Gasteiger partial charge in [-0.25, -0.2) is 4.79 Å². The molecule has 0 radical (unpaired) electrons. The van der Waals surface area contributed by atoms with Crippen molar-refractivity contribution in [2.75, 3.05) is 31.6 Å². The summed E-state index contributed by atoms with van der Waals surface area (Å²) in [5.41, 5.74) is 1.43. The van der Waals surface area contributed by atoms with E-state index >= 15 is 0 Å². The van der Waals surface area contributed by atoms with E-state index in [9.17, 15) is 9.59 Å². The van der Waals surface area contributed by atoms with E-state index < -0.39 is 5.97 Å². The quantitative estimate of drug-likeness (QED) is 0.686. The number of carbonyl (C=O) groups is 2. The minimum atomic E-state index is -0.496. The molecule has 1 amide bonds. The summed E-state index contributed by atoms with van der Waals surface area (Å²) in [4.78, 5) is 26.9. The highest BCUT2D eigenvalue weighted by Gasteiger charge is 2.28. The molecule has 2 heterocycles. The number of aryl methyl sites for hydroxylation is 1. The zero-order valence-corrected chi connectivity index (χ0v) is 17.2. The number of aromatic nitrogens is 2. The number of benzene rings is 1. The number of carbonyl (C=O) groups excluding carboxylic acids is 2. The lowest BCUT2D eigenvalue weighted by atomic mass is 10.0. The van der Waals surface area contributed by atoms with Crippen molar-refractivity contribution in [2.24, 2.45) is 7.05 Å². The maximum absolute atomic E-state index is 12.7. The zero-order chi connectivity index (χ0) is 20.8. The molecule has 0 saturated carbocycles. The van der Waals surface area contributed by atoms with Gasteiger partial charge in [-0.15, -0.1) is 0 Å². The molecule has 8 nitrogen and oxygen atoms in total. The number of rotatable bonds is 8. The van der Waals surface area contributed by atoms with Crippen molar-refractivity contribution in [1.82, 2.24) is 14.7 Å². The molecule has 0 spiro atoms. The molecule has 29 heavy (non-hydrogen) atoms. The van der Waals surface area contributed by atoms with Crippen molar-refractivity contribution < 1.29 is 19.1 Å². The summed E-state index contributed by atoms with van der Waals surface area (Å²) in [5, 5.41) is 6.89. The summed E-state index contributed by atoms with van der Waals surface area (Å²) in [5.74, 6) is 0.521. The molecule has 2 aromatic rings. The number of amides is 1. The van der Waals surface area contributed by atoms with Crippen molar-refractivity contribution in [2.45, 2.75) is 32.7 Å². The standard InChI is InChI=1S/C21H28N4O4/c1-4-28-16-10-8-15(9-11-16)18-7-6-12-25(18)14-19(26)23-20-17(13-22-24(20)3)21(27)29-5-2/h8-11,13,18H,4-7,12,14H2,1-3H3,(H,23,26). The second-order valence-electron chi connectivity index (χ2n) is 6.93. The van der Waals surface area contributed by atoms with Crippen LogP contribution in [0.2, 0.25) is 0 Å². The normalized spacial score (nSPS) is 16.6. The zero-order valence-electron chi connectivity index (χ0n) is 17.2. The Labute approximate surface area is 170 Å². The maximum Gasteiger partial charge on any atom is 0.343 e. The average molecular weight is 400 g/mol.